The first-order valence-corrected chi connectivity index (χ1v) is 5.68. The van der Waals surface area contributed by atoms with Gasteiger partial charge in [0.2, 0.25) is 4.77 Å². The van der Waals surface area contributed by atoms with Gasteiger partial charge in [0.25, 0.3) is 0 Å². The molecule has 0 fully saturated rings. The summed E-state index contributed by atoms with van der Waals surface area (Å²) < 4.78 is 10.9. The minimum absolute atomic E-state index is 0.423. The van der Waals surface area contributed by atoms with Crippen molar-refractivity contribution in [3.63, 3.8) is 0 Å². The summed E-state index contributed by atoms with van der Waals surface area (Å²) in [7, 11) is 3.25. The van der Waals surface area contributed by atoms with E-state index in [2.05, 4.69) is 15.2 Å². The first-order chi connectivity index (χ1) is 8.72. The van der Waals surface area contributed by atoms with E-state index in [-0.39, 0.29) is 0 Å². The van der Waals surface area contributed by atoms with Crippen LogP contribution in [-0.2, 0) is 0 Å². The Hall–Kier alpha value is -2.08. The summed E-state index contributed by atoms with van der Waals surface area (Å²) in [4.78, 5) is 4.07. The first-order valence-electron chi connectivity index (χ1n) is 5.27. The number of methoxy groups -OCH3 is 2. The van der Waals surface area contributed by atoms with E-state index in [1.807, 2.05) is 30.4 Å². The number of hydrogen-bond acceptors (Lipinski definition) is 4. The van der Waals surface area contributed by atoms with Gasteiger partial charge in [0, 0.05) is 5.56 Å². The van der Waals surface area contributed by atoms with Crippen LogP contribution in [0, 0.1) is 4.77 Å². The second-order valence-electron chi connectivity index (χ2n) is 3.49. The van der Waals surface area contributed by atoms with Crippen LogP contribution in [0.5, 0.6) is 11.5 Å². The van der Waals surface area contributed by atoms with Gasteiger partial charge < -0.3 is 9.47 Å². The third kappa shape index (κ3) is 2.78. The molecule has 2 rings (SSSR count). The molecule has 0 amide bonds. The predicted molar refractivity (Wildman–Crippen MR) is 72.2 cm³/mol. The van der Waals surface area contributed by atoms with Crippen molar-refractivity contribution >= 4 is 24.4 Å². The first kappa shape index (κ1) is 12.4. The van der Waals surface area contributed by atoms with Crippen molar-refractivity contribution < 1.29 is 9.47 Å². The molecule has 1 aromatic heterocycles. The second kappa shape index (κ2) is 5.50. The SMILES string of the molecule is COc1ccc(OC)c(/C=C\c2nc(=S)[nH][nH]2)c1. The van der Waals surface area contributed by atoms with Crippen LogP contribution in [0.1, 0.15) is 11.4 Å². The van der Waals surface area contributed by atoms with Crippen LogP contribution in [0.4, 0.5) is 0 Å². The highest BCUT2D eigenvalue weighted by atomic mass is 32.1. The van der Waals surface area contributed by atoms with Crippen molar-refractivity contribution in [1.82, 2.24) is 15.2 Å². The number of rotatable bonds is 4. The number of aromatic amines is 2. The molecule has 0 radical (unpaired) electrons. The maximum Gasteiger partial charge on any atom is 0.213 e. The molecule has 0 aliphatic rings. The average molecular weight is 263 g/mol. The molecule has 0 atom stereocenters. The molecule has 6 heteroatoms. The van der Waals surface area contributed by atoms with Crippen molar-refractivity contribution in [2.45, 2.75) is 0 Å². The summed E-state index contributed by atoms with van der Waals surface area (Å²) in [6, 6.07) is 5.58. The Morgan fingerprint density at radius 3 is 2.61 bits per heavy atom. The number of nitrogens with one attached hydrogen (secondary N) is 2. The summed E-state index contributed by atoms with van der Waals surface area (Å²) in [5.74, 6) is 2.19. The molecule has 0 aliphatic carbocycles. The molecule has 2 N–H and O–H groups in total. The highest BCUT2D eigenvalue weighted by molar-refractivity contribution is 7.71. The lowest BCUT2D eigenvalue weighted by atomic mass is 10.1. The van der Waals surface area contributed by atoms with E-state index < -0.39 is 0 Å². The van der Waals surface area contributed by atoms with E-state index in [1.54, 1.807) is 14.2 Å². The Balaban J connectivity index is 2.31. The number of aromatic nitrogens is 3. The van der Waals surface area contributed by atoms with Gasteiger partial charge in [0.05, 0.1) is 14.2 Å². The summed E-state index contributed by atoms with van der Waals surface area (Å²) in [5.41, 5.74) is 0.902. The van der Waals surface area contributed by atoms with Gasteiger partial charge in [-0.1, -0.05) is 0 Å². The molecule has 18 heavy (non-hydrogen) atoms. The lowest BCUT2D eigenvalue weighted by molar-refractivity contribution is 0.402. The molecular weight excluding hydrogens is 250 g/mol. The van der Waals surface area contributed by atoms with Gasteiger partial charge >= 0.3 is 0 Å². The van der Waals surface area contributed by atoms with Crippen LogP contribution in [0.2, 0.25) is 0 Å². The zero-order valence-electron chi connectivity index (χ0n) is 10.1. The van der Waals surface area contributed by atoms with Crippen molar-refractivity contribution in [3.8, 4) is 11.5 Å². The molecule has 5 nitrogen and oxygen atoms in total. The molecule has 2 aromatic rings. The monoisotopic (exact) mass is 263 g/mol. The quantitative estimate of drug-likeness (QED) is 0.832. The Morgan fingerprint density at radius 1 is 1.17 bits per heavy atom. The third-order valence-electron chi connectivity index (χ3n) is 2.38. The van der Waals surface area contributed by atoms with Gasteiger partial charge in [-0.05, 0) is 42.6 Å². The molecule has 0 bridgehead atoms. The van der Waals surface area contributed by atoms with Crippen molar-refractivity contribution in [2.75, 3.05) is 14.2 Å². The molecule has 0 aliphatic heterocycles. The minimum atomic E-state index is 0.423. The topological polar surface area (TPSA) is 62.9 Å². The largest absolute Gasteiger partial charge is 0.497 e. The number of nitrogens with zero attached hydrogens (tertiary/aromatic N) is 1. The third-order valence-corrected chi connectivity index (χ3v) is 2.57. The normalized spacial score (nSPS) is 10.8. The summed E-state index contributed by atoms with van der Waals surface area (Å²) in [6.07, 6.45) is 3.69. The van der Waals surface area contributed by atoms with Crippen LogP contribution in [0.25, 0.3) is 12.2 Å². The molecule has 1 aromatic carbocycles. The van der Waals surface area contributed by atoms with Gasteiger partial charge in [-0.3, -0.25) is 10.2 Å². The van der Waals surface area contributed by atoms with E-state index in [0.29, 0.717) is 10.6 Å². The van der Waals surface area contributed by atoms with Crippen LogP contribution >= 0.6 is 12.2 Å². The minimum Gasteiger partial charge on any atom is -0.497 e. The summed E-state index contributed by atoms with van der Waals surface area (Å²) >= 11 is 4.88. The van der Waals surface area contributed by atoms with Crippen molar-refractivity contribution in [1.29, 1.82) is 0 Å². The van der Waals surface area contributed by atoms with Gasteiger partial charge in [0.1, 0.15) is 17.3 Å². The summed E-state index contributed by atoms with van der Waals surface area (Å²) in [5, 5.41) is 5.57. The number of hydrogen-bond donors (Lipinski definition) is 2. The van der Waals surface area contributed by atoms with E-state index in [9.17, 15) is 0 Å². The Kier molecular flexibility index (Phi) is 3.78. The highest BCUT2D eigenvalue weighted by Gasteiger charge is 2.02. The molecule has 0 unspecified atom stereocenters. The van der Waals surface area contributed by atoms with E-state index in [1.165, 1.54) is 0 Å². The van der Waals surface area contributed by atoms with Crippen LogP contribution in [-0.4, -0.2) is 29.4 Å². The number of benzene rings is 1. The molecular formula is C12H13N3O2S. The molecule has 0 spiro atoms. The van der Waals surface area contributed by atoms with Crippen LogP contribution < -0.4 is 9.47 Å². The smallest absolute Gasteiger partial charge is 0.213 e. The predicted octanol–water partition coefficient (Wildman–Crippen LogP) is 2.65. The lowest BCUT2D eigenvalue weighted by Crippen LogP contribution is -1.89. The number of ether oxygens (including phenoxy) is 2. The fourth-order valence-electron chi connectivity index (χ4n) is 1.50. The van der Waals surface area contributed by atoms with Gasteiger partial charge in [0.15, 0.2) is 0 Å². The van der Waals surface area contributed by atoms with Crippen molar-refractivity contribution in [3.05, 3.63) is 34.4 Å². The lowest BCUT2D eigenvalue weighted by Gasteiger charge is -2.06. The van der Waals surface area contributed by atoms with Crippen LogP contribution in [0.15, 0.2) is 18.2 Å². The fourth-order valence-corrected chi connectivity index (χ4v) is 1.65. The maximum absolute atomic E-state index is 5.27. The second-order valence-corrected chi connectivity index (χ2v) is 3.88. The van der Waals surface area contributed by atoms with Gasteiger partial charge in [-0.25, -0.2) is 4.98 Å². The van der Waals surface area contributed by atoms with Crippen molar-refractivity contribution in [2.24, 2.45) is 0 Å². The molecule has 94 valence electrons. The standard InChI is InChI=1S/C12H13N3O2S/c1-16-9-4-5-10(17-2)8(7-9)3-6-11-13-12(18)15-14-11/h3-7H,1-2H3,(H2,13,14,15,18)/b6-3-. The summed E-state index contributed by atoms with van der Waals surface area (Å²) in [6.45, 7) is 0. The van der Waals surface area contributed by atoms with E-state index in [0.717, 1.165) is 17.1 Å². The number of H-pyrrole nitrogens is 2. The van der Waals surface area contributed by atoms with Gasteiger partial charge in [-0.2, -0.15) is 0 Å². The Morgan fingerprint density at radius 2 is 2.00 bits per heavy atom. The van der Waals surface area contributed by atoms with Crippen LogP contribution in [0.3, 0.4) is 0 Å². The zero-order valence-corrected chi connectivity index (χ0v) is 10.9. The average Bonchev–Trinajstić information content (AvgIpc) is 2.81. The highest BCUT2D eigenvalue weighted by Crippen LogP contribution is 2.25. The molecule has 1 heterocycles. The van der Waals surface area contributed by atoms with Gasteiger partial charge in [-0.15, -0.1) is 0 Å². The molecule has 0 saturated heterocycles. The van der Waals surface area contributed by atoms with E-state index >= 15 is 0 Å². The molecule has 0 saturated carbocycles. The fraction of sp³-hybridized carbons (Fsp3) is 0.167. The van der Waals surface area contributed by atoms with E-state index in [4.69, 9.17) is 21.7 Å². The zero-order chi connectivity index (χ0) is 13.0. The Labute approximate surface area is 109 Å². The Bertz CT molecular complexity index is 616. The maximum atomic E-state index is 5.27.